The standard InChI is InChI=1S/C13H20N4O/c1-9-6-7-15-12(11(9)14)17-8-4-5-10(17)13(18)16(2)3/h6-7,10H,4-5,8,14H2,1-3H3. The van der Waals surface area contributed by atoms with Gasteiger partial charge in [-0.1, -0.05) is 0 Å². The van der Waals surface area contributed by atoms with E-state index in [1.165, 1.54) is 0 Å². The van der Waals surface area contributed by atoms with Crippen molar-refractivity contribution in [1.29, 1.82) is 0 Å². The summed E-state index contributed by atoms with van der Waals surface area (Å²) in [5.74, 6) is 0.864. The number of hydrogen-bond acceptors (Lipinski definition) is 4. The van der Waals surface area contributed by atoms with Gasteiger partial charge in [-0.05, 0) is 31.4 Å². The van der Waals surface area contributed by atoms with E-state index >= 15 is 0 Å². The van der Waals surface area contributed by atoms with Crippen LogP contribution in [0.1, 0.15) is 18.4 Å². The summed E-state index contributed by atoms with van der Waals surface area (Å²) < 4.78 is 0. The maximum Gasteiger partial charge on any atom is 0.244 e. The maximum absolute atomic E-state index is 12.1. The summed E-state index contributed by atoms with van der Waals surface area (Å²) >= 11 is 0. The first kappa shape index (κ1) is 12.7. The molecule has 5 heteroatoms. The number of nitrogen functional groups attached to an aromatic ring is 1. The topological polar surface area (TPSA) is 62.5 Å². The lowest BCUT2D eigenvalue weighted by molar-refractivity contribution is -0.129. The molecule has 1 unspecified atom stereocenters. The van der Waals surface area contributed by atoms with Crippen LogP contribution >= 0.6 is 0 Å². The number of carbonyl (C=O) groups excluding carboxylic acids is 1. The Balaban J connectivity index is 2.32. The van der Waals surface area contributed by atoms with Gasteiger partial charge in [-0.15, -0.1) is 0 Å². The van der Waals surface area contributed by atoms with Gasteiger partial charge in [-0.3, -0.25) is 4.79 Å². The van der Waals surface area contributed by atoms with Gasteiger partial charge in [0.15, 0.2) is 5.82 Å². The predicted molar refractivity (Wildman–Crippen MR) is 72.4 cm³/mol. The Labute approximate surface area is 108 Å². The molecule has 1 fully saturated rings. The summed E-state index contributed by atoms with van der Waals surface area (Å²) in [7, 11) is 3.57. The number of amides is 1. The number of pyridine rings is 1. The molecular formula is C13H20N4O. The van der Waals surface area contributed by atoms with Crippen LogP contribution in [0.2, 0.25) is 0 Å². The fourth-order valence-electron chi connectivity index (χ4n) is 2.36. The van der Waals surface area contributed by atoms with Crippen molar-refractivity contribution in [2.75, 3.05) is 31.3 Å². The lowest BCUT2D eigenvalue weighted by Crippen LogP contribution is -2.43. The van der Waals surface area contributed by atoms with Crippen LogP contribution in [0.25, 0.3) is 0 Å². The van der Waals surface area contributed by atoms with Crippen molar-refractivity contribution in [1.82, 2.24) is 9.88 Å². The molecule has 0 saturated carbocycles. The summed E-state index contributed by atoms with van der Waals surface area (Å²) in [6.45, 7) is 2.80. The number of likely N-dealkylation sites (N-methyl/N-ethyl adjacent to an activating group) is 1. The summed E-state index contributed by atoms with van der Waals surface area (Å²) in [5, 5.41) is 0. The zero-order valence-electron chi connectivity index (χ0n) is 11.2. The molecule has 1 aliphatic rings. The zero-order valence-corrected chi connectivity index (χ0v) is 11.2. The molecule has 0 bridgehead atoms. The monoisotopic (exact) mass is 248 g/mol. The Morgan fingerprint density at radius 3 is 2.94 bits per heavy atom. The molecule has 1 aromatic rings. The Morgan fingerprint density at radius 2 is 2.28 bits per heavy atom. The van der Waals surface area contributed by atoms with Gasteiger partial charge in [-0.25, -0.2) is 4.98 Å². The van der Waals surface area contributed by atoms with E-state index in [2.05, 4.69) is 4.98 Å². The Hall–Kier alpha value is -1.78. The third-order valence-electron chi connectivity index (χ3n) is 3.44. The van der Waals surface area contributed by atoms with Gasteiger partial charge in [0.05, 0.1) is 5.69 Å². The molecule has 0 spiro atoms. The highest BCUT2D eigenvalue weighted by Crippen LogP contribution is 2.30. The van der Waals surface area contributed by atoms with E-state index in [9.17, 15) is 4.79 Å². The Bertz CT molecular complexity index is 458. The van der Waals surface area contributed by atoms with Gasteiger partial charge < -0.3 is 15.5 Å². The minimum absolute atomic E-state index is 0.121. The molecule has 2 heterocycles. The second kappa shape index (κ2) is 4.84. The van der Waals surface area contributed by atoms with Crippen molar-refractivity contribution in [3.05, 3.63) is 17.8 Å². The third kappa shape index (κ3) is 2.12. The van der Waals surface area contributed by atoms with Crippen molar-refractivity contribution < 1.29 is 4.79 Å². The van der Waals surface area contributed by atoms with Gasteiger partial charge >= 0.3 is 0 Å². The summed E-state index contributed by atoms with van der Waals surface area (Å²) in [5.41, 5.74) is 7.75. The largest absolute Gasteiger partial charge is 0.396 e. The molecule has 0 aromatic carbocycles. The molecule has 2 rings (SSSR count). The predicted octanol–water partition coefficient (Wildman–Crippen LogP) is 1.03. The molecule has 1 atom stereocenters. The number of nitrogens with two attached hydrogens (primary N) is 1. The fourth-order valence-corrected chi connectivity index (χ4v) is 2.36. The molecule has 0 radical (unpaired) electrons. The molecule has 1 aliphatic heterocycles. The molecule has 1 amide bonds. The molecule has 1 aromatic heterocycles. The SMILES string of the molecule is Cc1ccnc(N2CCCC2C(=O)N(C)C)c1N. The van der Waals surface area contributed by atoms with Crippen molar-refractivity contribution in [2.24, 2.45) is 0 Å². The van der Waals surface area contributed by atoms with E-state index in [0.717, 1.165) is 30.8 Å². The van der Waals surface area contributed by atoms with Crippen LogP contribution in [0.3, 0.4) is 0 Å². The van der Waals surface area contributed by atoms with Gasteiger partial charge in [-0.2, -0.15) is 0 Å². The van der Waals surface area contributed by atoms with Crippen LogP contribution in [0.15, 0.2) is 12.3 Å². The van der Waals surface area contributed by atoms with Gasteiger partial charge in [0, 0.05) is 26.8 Å². The maximum atomic E-state index is 12.1. The molecule has 5 nitrogen and oxygen atoms in total. The van der Waals surface area contributed by atoms with Crippen LogP contribution < -0.4 is 10.6 Å². The van der Waals surface area contributed by atoms with Crippen LogP contribution in [0.5, 0.6) is 0 Å². The lowest BCUT2D eigenvalue weighted by Gasteiger charge is -2.28. The summed E-state index contributed by atoms with van der Waals surface area (Å²) in [6, 6.07) is 1.76. The smallest absolute Gasteiger partial charge is 0.244 e. The second-order valence-corrected chi connectivity index (χ2v) is 4.95. The Kier molecular flexibility index (Phi) is 3.41. The lowest BCUT2D eigenvalue weighted by atomic mass is 10.2. The van der Waals surface area contributed by atoms with E-state index in [4.69, 9.17) is 5.73 Å². The van der Waals surface area contributed by atoms with Crippen molar-refractivity contribution >= 4 is 17.4 Å². The first-order valence-corrected chi connectivity index (χ1v) is 6.21. The van der Waals surface area contributed by atoms with Crippen LogP contribution in [-0.2, 0) is 4.79 Å². The number of hydrogen-bond donors (Lipinski definition) is 1. The molecule has 98 valence electrons. The van der Waals surface area contributed by atoms with E-state index in [1.54, 1.807) is 25.2 Å². The van der Waals surface area contributed by atoms with E-state index in [-0.39, 0.29) is 11.9 Å². The summed E-state index contributed by atoms with van der Waals surface area (Å²) in [6.07, 6.45) is 3.61. The van der Waals surface area contributed by atoms with Crippen LogP contribution in [-0.4, -0.2) is 42.5 Å². The van der Waals surface area contributed by atoms with E-state index < -0.39 is 0 Å². The van der Waals surface area contributed by atoms with Crippen LogP contribution in [0, 0.1) is 6.92 Å². The number of nitrogens with zero attached hydrogens (tertiary/aromatic N) is 3. The van der Waals surface area contributed by atoms with Gasteiger partial charge in [0.25, 0.3) is 0 Å². The molecule has 2 N–H and O–H groups in total. The van der Waals surface area contributed by atoms with Crippen LogP contribution in [0.4, 0.5) is 11.5 Å². The zero-order chi connectivity index (χ0) is 13.3. The summed E-state index contributed by atoms with van der Waals surface area (Å²) in [4.78, 5) is 20.2. The molecular weight excluding hydrogens is 228 g/mol. The number of anilines is 2. The molecule has 0 aliphatic carbocycles. The second-order valence-electron chi connectivity index (χ2n) is 4.95. The number of carbonyl (C=O) groups is 1. The molecule has 18 heavy (non-hydrogen) atoms. The fraction of sp³-hybridized carbons (Fsp3) is 0.538. The van der Waals surface area contributed by atoms with E-state index in [0.29, 0.717) is 5.69 Å². The highest BCUT2D eigenvalue weighted by atomic mass is 16.2. The average molecular weight is 248 g/mol. The van der Waals surface area contributed by atoms with Crippen molar-refractivity contribution in [2.45, 2.75) is 25.8 Å². The molecule has 1 saturated heterocycles. The number of aryl methyl sites for hydroxylation is 1. The number of rotatable bonds is 2. The average Bonchev–Trinajstić information content (AvgIpc) is 2.80. The van der Waals surface area contributed by atoms with Gasteiger partial charge in [0.1, 0.15) is 6.04 Å². The van der Waals surface area contributed by atoms with Gasteiger partial charge in [0.2, 0.25) is 5.91 Å². The number of aromatic nitrogens is 1. The normalized spacial score (nSPS) is 19.1. The van der Waals surface area contributed by atoms with E-state index in [1.807, 2.05) is 17.9 Å². The first-order chi connectivity index (χ1) is 8.52. The van der Waals surface area contributed by atoms with Crippen molar-refractivity contribution in [3.63, 3.8) is 0 Å². The Morgan fingerprint density at radius 1 is 1.56 bits per heavy atom. The first-order valence-electron chi connectivity index (χ1n) is 6.21. The quantitative estimate of drug-likeness (QED) is 0.849. The minimum atomic E-state index is -0.128. The highest BCUT2D eigenvalue weighted by Gasteiger charge is 2.33. The highest BCUT2D eigenvalue weighted by molar-refractivity contribution is 5.86. The van der Waals surface area contributed by atoms with Crippen molar-refractivity contribution in [3.8, 4) is 0 Å². The minimum Gasteiger partial charge on any atom is -0.396 e. The third-order valence-corrected chi connectivity index (χ3v) is 3.44.